The molecule has 0 bridgehead atoms. The molecule has 3 nitrogen and oxygen atoms in total. The fourth-order valence-corrected chi connectivity index (χ4v) is 3.92. The summed E-state index contributed by atoms with van der Waals surface area (Å²) in [6.07, 6.45) is 12.2. The first-order chi connectivity index (χ1) is 13.8. The number of aromatic nitrogens is 2. The zero-order valence-electron chi connectivity index (χ0n) is 16.6. The van der Waals surface area contributed by atoms with Gasteiger partial charge in [0.2, 0.25) is 0 Å². The quantitative estimate of drug-likeness (QED) is 0.316. The van der Waals surface area contributed by atoms with Gasteiger partial charge in [-0.05, 0) is 60.9 Å². The summed E-state index contributed by atoms with van der Waals surface area (Å²) < 4.78 is 0. The van der Waals surface area contributed by atoms with Crippen LogP contribution in [0.25, 0.3) is 21.7 Å². The van der Waals surface area contributed by atoms with Gasteiger partial charge >= 0.3 is 0 Å². The summed E-state index contributed by atoms with van der Waals surface area (Å²) >= 11 is 0. The Labute approximate surface area is 174 Å². The van der Waals surface area contributed by atoms with Crippen LogP contribution >= 0.6 is 0 Å². The smallest absolute Gasteiger partial charge is 0.0456 e. The van der Waals surface area contributed by atoms with E-state index in [9.17, 15) is 0 Å². The van der Waals surface area contributed by atoms with E-state index in [-0.39, 0.29) is 7.43 Å². The lowest BCUT2D eigenvalue weighted by atomic mass is 10.0. The van der Waals surface area contributed by atoms with Crippen LogP contribution in [0.5, 0.6) is 0 Å². The number of benzene rings is 2. The Hall–Kier alpha value is -2.65. The molecule has 2 aromatic heterocycles. The lowest BCUT2D eigenvalue weighted by molar-refractivity contribution is 0.484. The van der Waals surface area contributed by atoms with Crippen molar-refractivity contribution >= 4 is 21.7 Å². The van der Waals surface area contributed by atoms with E-state index in [0.717, 1.165) is 13.0 Å². The third kappa shape index (κ3) is 5.45. The van der Waals surface area contributed by atoms with Crippen molar-refractivity contribution < 1.29 is 0 Å². The van der Waals surface area contributed by atoms with Crippen LogP contribution in [0.3, 0.4) is 0 Å². The first-order valence-electron chi connectivity index (χ1n) is 10.4. The molecule has 0 aliphatic heterocycles. The Kier molecular flexibility index (Phi) is 7.42. The Bertz CT molecular complexity index is 1030. The summed E-state index contributed by atoms with van der Waals surface area (Å²) in [7, 11) is 0. The average Bonchev–Trinajstić information content (AvgIpc) is 3.15. The number of para-hydroxylation sites is 1. The number of fused-ring (bicyclic) bond motifs is 2. The van der Waals surface area contributed by atoms with Gasteiger partial charge in [0.15, 0.2) is 0 Å². The third-order valence-corrected chi connectivity index (χ3v) is 5.62. The summed E-state index contributed by atoms with van der Waals surface area (Å²) in [5.41, 5.74) is 4.04. The molecule has 0 aliphatic rings. The number of nitrogens with zero attached hydrogens (tertiary/aromatic N) is 1. The highest BCUT2D eigenvalue weighted by atomic mass is 14.9. The molecule has 4 aromatic rings. The van der Waals surface area contributed by atoms with Crippen LogP contribution in [-0.4, -0.2) is 16.0 Å². The number of hydrogen-bond acceptors (Lipinski definition) is 2. The highest BCUT2D eigenvalue weighted by Crippen LogP contribution is 2.20. The van der Waals surface area contributed by atoms with Crippen molar-refractivity contribution in [2.45, 2.75) is 59.0 Å². The first kappa shape index (κ1) is 21.1. The summed E-state index contributed by atoms with van der Waals surface area (Å²) in [6.45, 7) is 3.22. The Morgan fingerprint density at radius 2 is 1.90 bits per heavy atom. The Balaban J connectivity index is 0.00000240. The van der Waals surface area contributed by atoms with Crippen LogP contribution in [0.1, 0.15) is 51.2 Å². The molecular formula is C26H33N3. The maximum atomic E-state index is 4.18. The second kappa shape index (κ2) is 10.2. The number of aromatic amines is 1. The molecule has 0 saturated carbocycles. The molecule has 0 amide bonds. The molecule has 4 rings (SSSR count). The van der Waals surface area contributed by atoms with Gasteiger partial charge in [-0.3, -0.25) is 4.98 Å². The predicted octanol–water partition coefficient (Wildman–Crippen LogP) is 6.63. The zero-order valence-corrected chi connectivity index (χ0v) is 16.6. The summed E-state index contributed by atoms with van der Waals surface area (Å²) in [5.74, 6) is 0. The molecule has 1 atom stereocenters. The van der Waals surface area contributed by atoms with Crippen LogP contribution < -0.4 is 5.32 Å². The molecule has 152 valence electrons. The number of aryl methyl sites for hydroxylation is 1. The van der Waals surface area contributed by atoms with E-state index >= 15 is 0 Å². The normalized spacial score (nSPS) is 12.2. The molecule has 0 radical (unpaired) electrons. The van der Waals surface area contributed by atoms with Gasteiger partial charge in [-0.1, -0.05) is 50.6 Å². The largest absolute Gasteiger partial charge is 0.361 e. The summed E-state index contributed by atoms with van der Waals surface area (Å²) in [4.78, 5) is 7.56. The molecular weight excluding hydrogens is 354 g/mol. The van der Waals surface area contributed by atoms with Gasteiger partial charge in [0.05, 0.1) is 0 Å². The molecule has 3 heteroatoms. The van der Waals surface area contributed by atoms with E-state index in [1.54, 1.807) is 0 Å². The minimum absolute atomic E-state index is 0. The van der Waals surface area contributed by atoms with Gasteiger partial charge in [0.25, 0.3) is 0 Å². The maximum Gasteiger partial charge on any atom is 0.0456 e. The second-order valence-corrected chi connectivity index (χ2v) is 7.80. The maximum absolute atomic E-state index is 4.18. The Morgan fingerprint density at radius 1 is 1.00 bits per heavy atom. The molecule has 0 spiro atoms. The minimum atomic E-state index is 0. The van der Waals surface area contributed by atoms with Gasteiger partial charge in [0, 0.05) is 47.5 Å². The highest BCUT2D eigenvalue weighted by Gasteiger charge is 2.05. The summed E-state index contributed by atoms with van der Waals surface area (Å²) in [5, 5.41) is 7.52. The minimum Gasteiger partial charge on any atom is -0.361 e. The lowest BCUT2D eigenvalue weighted by Gasteiger charge is -2.14. The molecule has 0 saturated heterocycles. The van der Waals surface area contributed by atoms with Crippen LogP contribution in [-0.2, 0) is 13.0 Å². The number of hydrogen-bond donors (Lipinski definition) is 2. The second-order valence-electron chi connectivity index (χ2n) is 7.80. The van der Waals surface area contributed by atoms with Crippen molar-refractivity contribution in [3.05, 3.63) is 78.2 Å². The van der Waals surface area contributed by atoms with E-state index in [0.29, 0.717) is 6.04 Å². The number of nitrogens with one attached hydrogen (secondary N) is 2. The van der Waals surface area contributed by atoms with E-state index in [2.05, 4.69) is 76.9 Å². The molecule has 0 fully saturated rings. The number of unbranched alkanes of at least 4 members (excludes halogenated alkanes) is 2. The van der Waals surface area contributed by atoms with Gasteiger partial charge < -0.3 is 10.3 Å². The highest BCUT2D eigenvalue weighted by molar-refractivity contribution is 5.83. The van der Waals surface area contributed by atoms with E-state index in [1.807, 2.05) is 12.4 Å². The topological polar surface area (TPSA) is 40.7 Å². The monoisotopic (exact) mass is 387 g/mol. The molecule has 29 heavy (non-hydrogen) atoms. The molecule has 2 N–H and O–H groups in total. The molecule has 2 aromatic carbocycles. The van der Waals surface area contributed by atoms with Crippen LogP contribution in [0.2, 0.25) is 0 Å². The number of H-pyrrole nitrogens is 1. The van der Waals surface area contributed by atoms with Crippen LogP contribution in [0.4, 0.5) is 0 Å². The van der Waals surface area contributed by atoms with Gasteiger partial charge in [-0.2, -0.15) is 0 Å². The van der Waals surface area contributed by atoms with E-state index in [4.69, 9.17) is 0 Å². The van der Waals surface area contributed by atoms with Crippen molar-refractivity contribution in [1.29, 1.82) is 0 Å². The molecule has 0 unspecified atom stereocenters. The predicted molar refractivity (Wildman–Crippen MR) is 125 cm³/mol. The van der Waals surface area contributed by atoms with Crippen LogP contribution in [0.15, 0.2) is 67.1 Å². The average molecular weight is 388 g/mol. The van der Waals surface area contributed by atoms with Crippen LogP contribution in [0, 0.1) is 0 Å². The van der Waals surface area contributed by atoms with Crippen molar-refractivity contribution in [3.8, 4) is 0 Å². The number of pyridine rings is 1. The van der Waals surface area contributed by atoms with Crippen molar-refractivity contribution in [3.63, 3.8) is 0 Å². The Morgan fingerprint density at radius 3 is 2.83 bits per heavy atom. The van der Waals surface area contributed by atoms with E-state index in [1.165, 1.54) is 58.5 Å². The van der Waals surface area contributed by atoms with Gasteiger partial charge in [-0.25, -0.2) is 0 Å². The summed E-state index contributed by atoms with van der Waals surface area (Å²) in [6, 6.07) is 17.8. The zero-order chi connectivity index (χ0) is 19.2. The molecule has 0 aliphatic carbocycles. The standard InChI is InChI=1S/C25H29N3.CH4/c1-19(27-16-20-11-12-22-17-26-14-13-21(22)15-20)7-3-2-4-8-23-18-28-25-10-6-5-9-24(23)25;/h5-6,9-15,17-19,27-28H,2-4,7-8,16H2,1H3;1H4/t19-;/m1./s1. The van der Waals surface area contributed by atoms with Gasteiger partial charge in [0.1, 0.15) is 0 Å². The first-order valence-corrected chi connectivity index (χ1v) is 10.4. The third-order valence-electron chi connectivity index (χ3n) is 5.62. The number of rotatable bonds is 9. The fraction of sp³-hybridized carbons (Fsp3) is 0.346. The SMILES string of the molecule is C.C[C@H](CCCCCc1c[nH]c2ccccc12)NCc1ccc2cnccc2c1. The van der Waals surface area contributed by atoms with Crippen molar-refractivity contribution in [2.75, 3.05) is 0 Å². The van der Waals surface area contributed by atoms with Gasteiger partial charge in [-0.15, -0.1) is 0 Å². The van der Waals surface area contributed by atoms with Crippen molar-refractivity contribution in [1.82, 2.24) is 15.3 Å². The van der Waals surface area contributed by atoms with E-state index < -0.39 is 0 Å². The van der Waals surface area contributed by atoms with Crippen molar-refractivity contribution in [2.24, 2.45) is 0 Å². The lowest BCUT2D eigenvalue weighted by Crippen LogP contribution is -2.25. The fourth-order valence-electron chi connectivity index (χ4n) is 3.92. The molecule has 2 heterocycles.